The first-order chi connectivity index (χ1) is 10.0. The molecule has 0 aliphatic rings. The van der Waals surface area contributed by atoms with Crippen LogP contribution >= 0.6 is 11.3 Å². The van der Waals surface area contributed by atoms with Crippen molar-refractivity contribution < 1.29 is 8.42 Å². The van der Waals surface area contributed by atoms with E-state index in [2.05, 4.69) is 20.2 Å². The fraction of sp³-hybridized carbons (Fsp3) is 0.462. The van der Waals surface area contributed by atoms with Gasteiger partial charge in [-0.2, -0.15) is 5.10 Å². The Hall–Kier alpha value is -1.22. The standard InChI is InChI=1S/C13H20N4O2S2/c1-10-11(7-15-17-10)4-3-5-16-21(18,19)13-6-12(8-14-2)20-9-13/h6-7,9,14,16H,3-5,8H2,1-2H3,(H,15,17). The van der Waals surface area contributed by atoms with Crippen molar-refractivity contribution in [1.29, 1.82) is 0 Å². The number of nitrogens with zero attached hydrogens (tertiary/aromatic N) is 1. The lowest BCUT2D eigenvalue weighted by molar-refractivity contribution is 0.579. The number of aromatic amines is 1. The SMILES string of the molecule is CNCc1cc(S(=O)(=O)NCCCc2cn[nH]c2C)cs1. The Morgan fingerprint density at radius 1 is 1.43 bits per heavy atom. The second-order valence-electron chi connectivity index (χ2n) is 4.80. The summed E-state index contributed by atoms with van der Waals surface area (Å²) in [5.41, 5.74) is 2.16. The maximum atomic E-state index is 12.1. The van der Waals surface area contributed by atoms with E-state index in [1.165, 1.54) is 11.3 Å². The molecule has 3 N–H and O–H groups in total. The van der Waals surface area contributed by atoms with Crippen LogP contribution in [0, 0.1) is 6.92 Å². The molecular weight excluding hydrogens is 308 g/mol. The number of nitrogens with one attached hydrogen (secondary N) is 3. The van der Waals surface area contributed by atoms with Gasteiger partial charge in [-0.15, -0.1) is 11.3 Å². The molecular formula is C13H20N4O2S2. The highest BCUT2D eigenvalue weighted by atomic mass is 32.2. The lowest BCUT2D eigenvalue weighted by atomic mass is 10.1. The van der Waals surface area contributed by atoms with Crippen LogP contribution in [0.1, 0.15) is 22.6 Å². The van der Waals surface area contributed by atoms with Gasteiger partial charge in [0.2, 0.25) is 10.0 Å². The van der Waals surface area contributed by atoms with E-state index in [4.69, 9.17) is 0 Å². The smallest absolute Gasteiger partial charge is 0.241 e. The van der Waals surface area contributed by atoms with Gasteiger partial charge in [0, 0.05) is 29.0 Å². The largest absolute Gasteiger partial charge is 0.315 e. The molecule has 0 spiro atoms. The number of aryl methyl sites for hydroxylation is 2. The summed E-state index contributed by atoms with van der Waals surface area (Å²) >= 11 is 1.45. The highest BCUT2D eigenvalue weighted by molar-refractivity contribution is 7.89. The molecule has 2 rings (SSSR count). The van der Waals surface area contributed by atoms with E-state index in [1.807, 2.05) is 14.0 Å². The zero-order valence-electron chi connectivity index (χ0n) is 12.1. The minimum absolute atomic E-state index is 0.345. The van der Waals surface area contributed by atoms with Gasteiger partial charge >= 0.3 is 0 Å². The third-order valence-electron chi connectivity index (χ3n) is 3.14. The molecule has 0 fully saturated rings. The number of thiophene rings is 1. The first kappa shape index (κ1) is 16.2. The molecule has 0 aliphatic carbocycles. The van der Waals surface area contributed by atoms with Crippen LogP contribution in [0.3, 0.4) is 0 Å². The van der Waals surface area contributed by atoms with Crippen LogP contribution in [-0.2, 0) is 23.0 Å². The third kappa shape index (κ3) is 4.37. The summed E-state index contributed by atoms with van der Waals surface area (Å²) in [5, 5.41) is 11.5. The van der Waals surface area contributed by atoms with Gasteiger partial charge in [-0.05, 0) is 38.4 Å². The van der Waals surface area contributed by atoms with Crippen molar-refractivity contribution in [3.8, 4) is 0 Å². The summed E-state index contributed by atoms with van der Waals surface area (Å²) in [6, 6.07) is 1.71. The van der Waals surface area contributed by atoms with E-state index >= 15 is 0 Å². The molecule has 2 heterocycles. The van der Waals surface area contributed by atoms with Gasteiger partial charge in [-0.1, -0.05) is 0 Å². The summed E-state index contributed by atoms with van der Waals surface area (Å²) in [6.07, 6.45) is 3.33. The van der Waals surface area contributed by atoms with Crippen molar-refractivity contribution in [1.82, 2.24) is 20.2 Å². The lowest BCUT2D eigenvalue weighted by Gasteiger charge is -2.04. The van der Waals surface area contributed by atoms with Crippen LogP contribution in [0.15, 0.2) is 22.5 Å². The van der Waals surface area contributed by atoms with E-state index in [-0.39, 0.29) is 0 Å². The number of aromatic nitrogens is 2. The van der Waals surface area contributed by atoms with Crippen molar-refractivity contribution in [2.75, 3.05) is 13.6 Å². The van der Waals surface area contributed by atoms with E-state index in [0.29, 0.717) is 18.0 Å². The maximum Gasteiger partial charge on any atom is 0.241 e. The number of H-pyrrole nitrogens is 1. The Kier molecular flexibility index (Phi) is 5.51. The zero-order valence-corrected chi connectivity index (χ0v) is 13.8. The minimum Gasteiger partial charge on any atom is -0.315 e. The highest BCUT2D eigenvalue weighted by Gasteiger charge is 2.15. The molecule has 0 bridgehead atoms. The van der Waals surface area contributed by atoms with Crippen LogP contribution in [0.5, 0.6) is 0 Å². The van der Waals surface area contributed by atoms with Gasteiger partial charge in [-0.3, -0.25) is 5.10 Å². The fourth-order valence-corrected chi connectivity index (χ4v) is 4.33. The molecule has 0 saturated heterocycles. The van der Waals surface area contributed by atoms with Crippen molar-refractivity contribution in [3.05, 3.63) is 33.8 Å². The Morgan fingerprint density at radius 2 is 2.24 bits per heavy atom. The molecule has 0 amide bonds. The van der Waals surface area contributed by atoms with Gasteiger partial charge in [0.25, 0.3) is 0 Å². The van der Waals surface area contributed by atoms with Gasteiger partial charge in [0.15, 0.2) is 0 Å². The van der Waals surface area contributed by atoms with Crippen LogP contribution in [0.2, 0.25) is 0 Å². The third-order valence-corrected chi connectivity index (χ3v) is 5.67. The first-order valence-electron chi connectivity index (χ1n) is 6.73. The number of rotatable bonds is 8. The van der Waals surface area contributed by atoms with E-state index in [0.717, 1.165) is 29.0 Å². The van der Waals surface area contributed by atoms with E-state index < -0.39 is 10.0 Å². The molecule has 0 unspecified atom stereocenters. The van der Waals surface area contributed by atoms with Gasteiger partial charge in [0.05, 0.1) is 11.1 Å². The number of hydrogen-bond acceptors (Lipinski definition) is 5. The lowest BCUT2D eigenvalue weighted by Crippen LogP contribution is -2.24. The van der Waals surface area contributed by atoms with Crippen LogP contribution in [0.4, 0.5) is 0 Å². The molecule has 0 radical (unpaired) electrons. The summed E-state index contributed by atoms with van der Waals surface area (Å²) in [5.74, 6) is 0. The highest BCUT2D eigenvalue weighted by Crippen LogP contribution is 2.19. The molecule has 21 heavy (non-hydrogen) atoms. The second-order valence-corrected chi connectivity index (χ2v) is 7.56. The summed E-state index contributed by atoms with van der Waals surface area (Å²) in [6.45, 7) is 3.06. The molecule has 0 saturated carbocycles. The van der Waals surface area contributed by atoms with Crippen molar-refractivity contribution in [3.63, 3.8) is 0 Å². The molecule has 0 aromatic carbocycles. The molecule has 2 aromatic heterocycles. The molecule has 8 heteroatoms. The average Bonchev–Trinajstić information content (AvgIpc) is 3.05. The molecule has 0 atom stereocenters. The quantitative estimate of drug-likeness (QED) is 0.640. The fourth-order valence-electron chi connectivity index (χ4n) is 1.96. The minimum atomic E-state index is -3.40. The summed E-state index contributed by atoms with van der Waals surface area (Å²) in [4.78, 5) is 1.35. The van der Waals surface area contributed by atoms with Crippen LogP contribution in [0.25, 0.3) is 0 Å². The van der Waals surface area contributed by atoms with Crippen molar-refractivity contribution in [2.45, 2.75) is 31.2 Å². The van der Waals surface area contributed by atoms with Crippen LogP contribution in [-0.4, -0.2) is 32.2 Å². The van der Waals surface area contributed by atoms with Crippen molar-refractivity contribution in [2.24, 2.45) is 0 Å². The number of hydrogen-bond donors (Lipinski definition) is 3. The Bertz CT molecular complexity index is 676. The normalized spacial score (nSPS) is 11.9. The predicted octanol–water partition coefficient (Wildman–Crippen LogP) is 1.41. The van der Waals surface area contributed by atoms with Gasteiger partial charge in [0.1, 0.15) is 0 Å². The average molecular weight is 328 g/mol. The van der Waals surface area contributed by atoms with Crippen LogP contribution < -0.4 is 10.0 Å². The van der Waals surface area contributed by atoms with E-state index in [9.17, 15) is 8.42 Å². The summed E-state index contributed by atoms with van der Waals surface area (Å²) < 4.78 is 26.9. The Morgan fingerprint density at radius 3 is 2.90 bits per heavy atom. The topological polar surface area (TPSA) is 86.9 Å². The number of sulfonamides is 1. The van der Waals surface area contributed by atoms with Gasteiger partial charge in [-0.25, -0.2) is 13.1 Å². The molecule has 0 aliphatic heterocycles. The maximum absolute atomic E-state index is 12.1. The second kappa shape index (κ2) is 7.17. The predicted molar refractivity (Wildman–Crippen MR) is 83.9 cm³/mol. The summed E-state index contributed by atoms with van der Waals surface area (Å²) in [7, 11) is -1.56. The molecule has 116 valence electrons. The zero-order chi connectivity index (χ0) is 15.3. The Balaban J connectivity index is 1.84. The van der Waals surface area contributed by atoms with Gasteiger partial charge < -0.3 is 5.32 Å². The molecule has 6 nitrogen and oxygen atoms in total. The monoisotopic (exact) mass is 328 g/mol. The van der Waals surface area contributed by atoms with E-state index in [1.54, 1.807) is 17.6 Å². The first-order valence-corrected chi connectivity index (χ1v) is 9.09. The van der Waals surface area contributed by atoms with Crippen molar-refractivity contribution >= 4 is 21.4 Å². The Labute approximate surface area is 129 Å². The molecule has 2 aromatic rings.